The number of halogens is 1. The van der Waals surface area contributed by atoms with Gasteiger partial charge in [-0.05, 0) is 37.0 Å². The summed E-state index contributed by atoms with van der Waals surface area (Å²) in [5.41, 5.74) is 0.869. The van der Waals surface area contributed by atoms with Gasteiger partial charge >= 0.3 is 0 Å². The number of nitrogens with one attached hydrogen (secondary N) is 1. The van der Waals surface area contributed by atoms with Crippen molar-refractivity contribution in [2.45, 2.75) is 30.8 Å². The summed E-state index contributed by atoms with van der Waals surface area (Å²) in [6, 6.07) is 6.11. The third-order valence-electron chi connectivity index (χ3n) is 4.05. The van der Waals surface area contributed by atoms with Crippen LogP contribution in [0.3, 0.4) is 0 Å². The molecule has 0 saturated carbocycles. The zero-order valence-electron chi connectivity index (χ0n) is 13.9. The Hall–Kier alpha value is -2.15. The fraction of sp³-hybridized carbons (Fsp3) is 0.389. The molecule has 1 aromatic carbocycles. The van der Waals surface area contributed by atoms with E-state index in [0.29, 0.717) is 6.54 Å². The standard InChI is InChI=1S/C18H21FN4OS/c19-15-6-4-14(5-7-15)12-22-16(24)13-25-18-17(20-8-9-21-18)23-10-2-1-3-11-23/h4-9H,1-3,10-13H2,(H,22,24). The van der Waals surface area contributed by atoms with Gasteiger partial charge in [-0.3, -0.25) is 4.79 Å². The van der Waals surface area contributed by atoms with Gasteiger partial charge in [-0.1, -0.05) is 23.9 Å². The van der Waals surface area contributed by atoms with E-state index in [1.165, 1.54) is 43.2 Å². The van der Waals surface area contributed by atoms with Gasteiger partial charge in [-0.15, -0.1) is 0 Å². The molecule has 5 nitrogen and oxygen atoms in total. The molecule has 1 saturated heterocycles. The Morgan fingerprint density at radius 1 is 1.12 bits per heavy atom. The summed E-state index contributed by atoms with van der Waals surface area (Å²) < 4.78 is 12.9. The van der Waals surface area contributed by atoms with E-state index in [9.17, 15) is 9.18 Å². The van der Waals surface area contributed by atoms with Crippen LogP contribution in [0.15, 0.2) is 41.7 Å². The van der Waals surface area contributed by atoms with E-state index in [4.69, 9.17) is 0 Å². The Labute approximate surface area is 151 Å². The highest BCUT2D eigenvalue weighted by atomic mass is 32.2. The maximum Gasteiger partial charge on any atom is 0.230 e. The molecule has 1 fully saturated rings. The fourth-order valence-corrected chi connectivity index (χ4v) is 3.55. The van der Waals surface area contributed by atoms with Gasteiger partial charge in [0, 0.05) is 32.0 Å². The number of nitrogens with zero attached hydrogens (tertiary/aromatic N) is 3. The quantitative estimate of drug-likeness (QED) is 0.803. The highest BCUT2D eigenvalue weighted by Gasteiger charge is 2.17. The molecule has 1 aliphatic heterocycles. The first kappa shape index (κ1) is 17.7. The number of piperidine rings is 1. The molecule has 0 unspecified atom stereocenters. The Balaban J connectivity index is 1.52. The van der Waals surface area contributed by atoms with Crippen LogP contribution in [0, 0.1) is 5.82 Å². The second-order valence-electron chi connectivity index (χ2n) is 5.92. The van der Waals surface area contributed by atoms with Gasteiger partial charge in [0.25, 0.3) is 0 Å². The second kappa shape index (κ2) is 8.80. The first-order chi connectivity index (χ1) is 12.2. The summed E-state index contributed by atoms with van der Waals surface area (Å²) in [5, 5.41) is 3.64. The van der Waals surface area contributed by atoms with E-state index in [1.807, 2.05) is 0 Å². The average molecular weight is 360 g/mol. The summed E-state index contributed by atoms with van der Waals surface area (Å²) in [6.45, 7) is 2.37. The zero-order chi connectivity index (χ0) is 17.5. The molecule has 132 valence electrons. The lowest BCUT2D eigenvalue weighted by Gasteiger charge is -2.28. The van der Waals surface area contributed by atoms with E-state index in [2.05, 4.69) is 20.2 Å². The van der Waals surface area contributed by atoms with Gasteiger partial charge in [0.05, 0.1) is 5.75 Å². The molecule has 1 amide bonds. The van der Waals surface area contributed by atoms with Crippen molar-refractivity contribution in [1.29, 1.82) is 0 Å². The van der Waals surface area contributed by atoms with Crippen LogP contribution in [0.2, 0.25) is 0 Å². The van der Waals surface area contributed by atoms with Crippen molar-refractivity contribution >= 4 is 23.5 Å². The number of amides is 1. The smallest absolute Gasteiger partial charge is 0.230 e. The maximum atomic E-state index is 12.9. The van der Waals surface area contributed by atoms with Crippen LogP contribution in [0.25, 0.3) is 0 Å². The van der Waals surface area contributed by atoms with Crippen molar-refractivity contribution < 1.29 is 9.18 Å². The number of hydrogen-bond donors (Lipinski definition) is 1. The van der Waals surface area contributed by atoms with Gasteiger partial charge in [-0.25, -0.2) is 14.4 Å². The Bertz CT molecular complexity index is 704. The van der Waals surface area contributed by atoms with E-state index in [1.54, 1.807) is 24.5 Å². The van der Waals surface area contributed by atoms with E-state index in [-0.39, 0.29) is 17.5 Å². The first-order valence-corrected chi connectivity index (χ1v) is 9.41. The highest BCUT2D eigenvalue weighted by molar-refractivity contribution is 8.00. The number of anilines is 1. The molecular weight excluding hydrogens is 339 g/mol. The third kappa shape index (κ3) is 5.16. The number of rotatable bonds is 6. The molecule has 7 heteroatoms. The minimum absolute atomic E-state index is 0.0791. The molecule has 0 spiro atoms. The van der Waals surface area contributed by atoms with Crippen molar-refractivity contribution in [2.75, 3.05) is 23.7 Å². The normalized spacial score (nSPS) is 14.4. The Morgan fingerprint density at radius 3 is 2.60 bits per heavy atom. The van der Waals surface area contributed by atoms with Crippen molar-refractivity contribution in [1.82, 2.24) is 15.3 Å². The monoisotopic (exact) mass is 360 g/mol. The third-order valence-corrected chi connectivity index (χ3v) is 5.01. The summed E-state index contributed by atoms with van der Waals surface area (Å²) in [4.78, 5) is 23.2. The lowest BCUT2D eigenvalue weighted by atomic mass is 10.1. The van der Waals surface area contributed by atoms with Crippen LogP contribution in [0.4, 0.5) is 10.2 Å². The second-order valence-corrected chi connectivity index (χ2v) is 6.89. The molecule has 2 aromatic rings. The molecule has 25 heavy (non-hydrogen) atoms. The van der Waals surface area contributed by atoms with Crippen LogP contribution in [-0.4, -0.2) is 34.7 Å². The summed E-state index contributed by atoms with van der Waals surface area (Å²) in [7, 11) is 0. The maximum absolute atomic E-state index is 12.9. The minimum atomic E-state index is -0.279. The first-order valence-electron chi connectivity index (χ1n) is 8.42. The number of thioether (sulfide) groups is 1. The molecule has 1 aromatic heterocycles. The molecule has 0 aliphatic carbocycles. The molecule has 1 aliphatic rings. The lowest BCUT2D eigenvalue weighted by molar-refractivity contribution is -0.118. The fourth-order valence-electron chi connectivity index (χ4n) is 2.73. The van der Waals surface area contributed by atoms with Crippen LogP contribution in [0.5, 0.6) is 0 Å². The van der Waals surface area contributed by atoms with Crippen LogP contribution in [0.1, 0.15) is 24.8 Å². The largest absolute Gasteiger partial charge is 0.354 e. The molecular formula is C18H21FN4OS. The van der Waals surface area contributed by atoms with E-state index in [0.717, 1.165) is 29.5 Å². The topological polar surface area (TPSA) is 58.1 Å². The predicted molar refractivity (Wildman–Crippen MR) is 97.1 cm³/mol. The van der Waals surface area contributed by atoms with Crippen LogP contribution in [-0.2, 0) is 11.3 Å². The molecule has 2 heterocycles. The number of benzene rings is 1. The molecule has 0 radical (unpaired) electrons. The molecule has 0 atom stereocenters. The minimum Gasteiger partial charge on any atom is -0.354 e. The van der Waals surface area contributed by atoms with Gasteiger partial charge in [-0.2, -0.15) is 0 Å². The van der Waals surface area contributed by atoms with E-state index >= 15 is 0 Å². The predicted octanol–water partition coefficient (Wildman–Crippen LogP) is 3.01. The number of carbonyl (C=O) groups is 1. The number of aromatic nitrogens is 2. The SMILES string of the molecule is O=C(CSc1nccnc1N1CCCCC1)NCc1ccc(F)cc1. The lowest BCUT2D eigenvalue weighted by Crippen LogP contribution is -2.31. The van der Waals surface area contributed by atoms with Gasteiger partial charge in [0.2, 0.25) is 5.91 Å². The van der Waals surface area contributed by atoms with Gasteiger partial charge in [0.15, 0.2) is 5.82 Å². The number of hydrogen-bond acceptors (Lipinski definition) is 5. The highest BCUT2D eigenvalue weighted by Crippen LogP contribution is 2.27. The number of carbonyl (C=O) groups excluding carboxylic acids is 1. The summed E-state index contributed by atoms with van der Waals surface area (Å²) >= 11 is 1.40. The average Bonchev–Trinajstić information content (AvgIpc) is 2.67. The van der Waals surface area contributed by atoms with Crippen LogP contribution < -0.4 is 10.2 Å². The molecule has 1 N–H and O–H groups in total. The van der Waals surface area contributed by atoms with Crippen molar-refractivity contribution in [3.05, 3.63) is 48.0 Å². The van der Waals surface area contributed by atoms with Gasteiger partial charge in [0.1, 0.15) is 10.8 Å². The molecule has 0 bridgehead atoms. The van der Waals surface area contributed by atoms with Crippen molar-refractivity contribution in [3.8, 4) is 0 Å². The van der Waals surface area contributed by atoms with Crippen molar-refractivity contribution in [2.24, 2.45) is 0 Å². The van der Waals surface area contributed by atoms with Crippen molar-refractivity contribution in [3.63, 3.8) is 0 Å². The Kier molecular flexibility index (Phi) is 6.22. The summed E-state index contributed by atoms with van der Waals surface area (Å²) in [6.07, 6.45) is 6.94. The summed E-state index contributed by atoms with van der Waals surface area (Å²) in [5.74, 6) is 0.794. The van der Waals surface area contributed by atoms with E-state index < -0.39 is 0 Å². The molecule has 3 rings (SSSR count). The van der Waals surface area contributed by atoms with Gasteiger partial charge < -0.3 is 10.2 Å². The Morgan fingerprint density at radius 2 is 1.84 bits per heavy atom. The van der Waals surface area contributed by atoms with Crippen LogP contribution >= 0.6 is 11.8 Å². The zero-order valence-corrected chi connectivity index (χ0v) is 14.8.